The molecule has 13 heavy (non-hydrogen) atoms. The minimum Gasteiger partial charge on any atom is -0.469 e. The zero-order valence-electron chi connectivity index (χ0n) is 7.50. The number of carbonyl (C=O) groups is 1. The van der Waals surface area contributed by atoms with Crippen molar-refractivity contribution in [3.63, 3.8) is 0 Å². The molecular formula is C9H10FNO2. The van der Waals surface area contributed by atoms with Gasteiger partial charge < -0.3 is 4.74 Å². The van der Waals surface area contributed by atoms with Crippen molar-refractivity contribution < 1.29 is 13.9 Å². The van der Waals surface area contributed by atoms with E-state index in [2.05, 4.69) is 9.72 Å². The van der Waals surface area contributed by atoms with Gasteiger partial charge in [0.25, 0.3) is 0 Å². The van der Waals surface area contributed by atoms with Crippen molar-refractivity contribution in [3.05, 3.63) is 29.3 Å². The van der Waals surface area contributed by atoms with E-state index < -0.39 is 0 Å². The first-order valence-corrected chi connectivity index (χ1v) is 3.81. The Hall–Kier alpha value is -1.45. The molecule has 3 nitrogen and oxygen atoms in total. The van der Waals surface area contributed by atoms with E-state index >= 15 is 0 Å². The quantitative estimate of drug-likeness (QED) is 0.647. The number of aromatic nitrogens is 1. The third-order valence-corrected chi connectivity index (χ3v) is 1.66. The van der Waals surface area contributed by atoms with Crippen molar-refractivity contribution in [2.45, 2.75) is 13.3 Å². The van der Waals surface area contributed by atoms with Gasteiger partial charge >= 0.3 is 5.97 Å². The number of nitrogens with zero attached hydrogens (tertiary/aromatic N) is 1. The second-order valence-corrected chi connectivity index (χ2v) is 2.68. The molecule has 0 aliphatic rings. The van der Waals surface area contributed by atoms with Gasteiger partial charge in [-0.05, 0) is 18.6 Å². The molecule has 0 spiro atoms. The molecule has 0 unspecified atom stereocenters. The van der Waals surface area contributed by atoms with Crippen LogP contribution in [-0.2, 0) is 16.0 Å². The summed E-state index contributed by atoms with van der Waals surface area (Å²) < 4.78 is 17.2. The van der Waals surface area contributed by atoms with Gasteiger partial charge in [-0.2, -0.15) is 0 Å². The molecule has 1 heterocycles. The topological polar surface area (TPSA) is 39.2 Å². The van der Waals surface area contributed by atoms with Gasteiger partial charge in [-0.15, -0.1) is 0 Å². The maximum Gasteiger partial charge on any atom is 0.311 e. The van der Waals surface area contributed by atoms with Crippen molar-refractivity contribution in [2.24, 2.45) is 0 Å². The minimum absolute atomic E-state index is 0.0810. The molecule has 0 N–H and O–H groups in total. The van der Waals surface area contributed by atoms with E-state index in [1.54, 1.807) is 6.92 Å². The SMILES string of the molecule is COC(=O)Cc1cc(C)c(F)cn1. The summed E-state index contributed by atoms with van der Waals surface area (Å²) in [7, 11) is 1.30. The summed E-state index contributed by atoms with van der Waals surface area (Å²) >= 11 is 0. The summed E-state index contributed by atoms with van der Waals surface area (Å²) in [6.45, 7) is 1.62. The number of esters is 1. The van der Waals surface area contributed by atoms with Crippen LogP contribution >= 0.6 is 0 Å². The molecule has 0 aliphatic carbocycles. The van der Waals surface area contributed by atoms with Gasteiger partial charge in [-0.1, -0.05) is 0 Å². The minimum atomic E-state index is -0.376. The monoisotopic (exact) mass is 183 g/mol. The molecule has 0 atom stereocenters. The van der Waals surface area contributed by atoms with E-state index in [0.29, 0.717) is 11.3 Å². The number of halogens is 1. The van der Waals surface area contributed by atoms with Gasteiger partial charge in [0, 0.05) is 0 Å². The molecule has 0 bridgehead atoms. The van der Waals surface area contributed by atoms with Crippen LogP contribution in [0.1, 0.15) is 11.3 Å². The molecule has 0 radical (unpaired) electrons. The molecule has 0 aliphatic heterocycles. The Morgan fingerprint density at radius 1 is 1.69 bits per heavy atom. The second-order valence-electron chi connectivity index (χ2n) is 2.68. The lowest BCUT2D eigenvalue weighted by Gasteiger charge is -2.00. The lowest BCUT2D eigenvalue weighted by molar-refractivity contribution is -0.139. The first-order chi connectivity index (χ1) is 6.13. The average Bonchev–Trinajstić information content (AvgIpc) is 2.11. The van der Waals surface area contributed by atoms with Gasteiger partial charge in [-0.25, -0.2) is 4.39 Å². The molecule has 1 aromatic rings. The van der Waals surface area contributed by atoms with Crippen molar-refractivity contribution >= 4 is 5.97 Å². The number of hydrogen-bond acceptors (Lipinski definition) is 3. The number of methoxy groups -OCH3 is 1. The van der Waals surface area contributed by atoms with Crippen LogP contribution in [0.2, 0.25) is 0 Å². The standard InChI is InChI=1S/C9H10FNO2/c1-6-3-7(4-9(12)13-2)11-5-8(6)10/h3,5H,4H2,1-2H3. The van der Waals surface area contributed by atoms with Gasteiger partial charge in [0.15, 0.2) is 0 Å². The molecular weight excluding hydrogens is 173 g/mol. The Balaban J connectivity index is 2.79. The average molecular weight is 183 g/mol. The van der Waals surface area contributed by atoms with E-state index in [1.165, 1.54) is 13.2 Å². The van der Waals surface area contributed by atoms with Crippen molar-refractivity contribution in [1.82, 2.24) is 4.98 Å². The summed E-state index contributed by atoms with van der Waals surface area (Å²) in [6.07, 6.45) is 1.19. The predicted octanol–water partition coefficient (Wildman–Crippen LogP) is 1.24. The van der Waals surface area contributed by atoms with Gasteiger partial charge in [0.1, 0.15) is 5.82 Å². The largest absolute Gasteiger partial charge is 0.469 e. The molecule has 0 fully saturated rings. The molecule has 4 heteroatoms. The first-order valence-electron chi connectivity index (χ1n) is 3.81. The zero-order chi connectivity index (χ0) is 9.84. The van der Waals surface area contributed by atoms with Gasteiger partial charge in [0.05, 0.1) is 25.4 Å². The van der Waals surface area contributed by atoms with E-state index in [1.807, 2.05) is 0 Å². The second kappa shape index (κ2) is 3.98. The third kappa shape index (κ3) is 2.50. The fourth-order valence-corrected chi connectivity index (χ4v) is 0.914. The molecule has 1 aromatic heterocycles. The van der Waals surface area contributed by atoms with Crippen LogP contribution in [0.25, 0.3) is 0 Å². The van der Waals surface area contributed by atoms with Crippen molar-refractivity contribution in [2.75, 3.05) is 7.11 Å². The predicted molar refractivity (Wildman–Crippen MR) is 44.7 cm³/mol. The molecule has 0 amide bonds. The Morgan fingerprint density at radius 2 is 2.38 bits per heavy atom. The van der Waals surface area contributed by atoms with Crippen LogP contribution in [-0.4, -0.2) is 18.1 Å². The summed E-state index contributed by atoms with van der Waals surface area (Å²) in [6, 6.07) is 1.53. The maximum atomic E-state index is 12.7. The lowest BCUT2D eigenvalue weighted by atomic mass is 10.2. The van der Waals surface area contributed by atoms with Gasteiger partial charge in [0.2, 0.25) is 0 Å². The molecule has 0 saturated carbocycles. The van der Waals surface area contributed by atoms with Crippen LogP contribution in [0.4, 0.5) is 4.39 Å². The van der Waals surface area contributed by atoms with E-state index in [0.717, 1.165) is 6.20 Å². The fraction of sp³-hybridized carbons (Fsp3) is 0.333. The Bertz CT molecular complexity index is 325. The Labute approximate surface area is 75.6 Å². The van der Waals surface area contributed by atoms with Crippen LogP contribution in [0, 0.1) is 12.7 Å². The smallest absolute Gasteiger partial charge is 0.311 e. The van der Waals surface area contributed by atoms with Crippen LogP contribution in [0.3, 0.4) is 0 Å². The number of pyridine rings is 1. The lowest BCUT2D eigenvalue weighted by Crippen LogP contribution is -2.06. The molecule has 0 aromatic carbocycles. The summed E-state index contributed by atoms with van der Waals surface area (Å²) in [5.41, 5.74) is 1.000. The van der Waals surface area contributed by atoms with Crippen LogP contribution < -0.4 is 0 Å². The number of rotatable bonds is 2. The highest BCUT2D eigenvalue weighted by Gasteiger charge is 2.05. The highest BCUT2D eigenvalue weighted by molar-refractivity contribution is 5.71. The zero-order valence-corrected chi connectivity index (χ0v) is 7.50. The van der Waals surface area contributed by atoms with E-state index in [9.17, 15) is 9.18 Å². The maximum absolute atomic E-state index is 12.7. The number of aryl methyl sites for hydroxylation is 1. The third-order valence-electron chi connectivity index (χ3n) is 1.66. The Kier molecular flexibility index (Phi) is 2.95. The highest BCUT2D eigenvalue weighted by atomic mass is 19.1. The summed E-state index contributed by atoms with van der Waals surface area (Å²) in [5.74, 6) is -0.743. The van der Waals surface area contributed by atoms with Crippen LogP contribution in [0.15, 0.2) is 12.3 Å². The molecule has 70 valence electrons. The number of ether oxygens (including phenoxy) is 1. The first kappa shape index (κ1) is 9.64. The van der Waals surface area contributed by atoms with Crippen LogP contribution in [0.5, 0.6) is 0 Å². The van der Waals surface area contributed by atoms with E-state index in [-0.39, 0.29) is 18.2 Å². The Morgan fingerprint density at radius 3 is 2.92 bits per heavy atom. The highest BCUT2D eigenvalue weighted by Crippen LogP contribution is 2.06. The van der Waals surface area contributed by atoms with Crippen molar-refractivity contribution in [3.8, 4) is 0 Å². The van der Waals surface area contributed by atoms with Crippen molar-refractivity contribution in [1.29, 1.82) is 0 Å². The number of carbonyl (C=O) groups excluding carboxylic acids is 1. The molecule has 0 saturated heterocycles. The fourth-order valence-electron chi connectivity index (χ4n) is 0.914. The number of hydrogen-bond donors (Lipinski definition) is 0. The summed E-state index contributed by atoms with van der Waals surface area (Å²) in [4.78, 5) is 14.6. The van der Waals surface area contributed by atoms with Gasteiger partial charge in [-0.3, -0.25) is 9.78 Å². The molecule has 1 rings (SSSR count). The summed E-state index contributed by atoms with van der Waals surface area (Å²) in [5, 5.41) is 0. The normalized spacial score (nSPS) is 9.77. The van der Waals surface area contributed by atoms with E-state index in [4.69, 9.17) is 0 Å².